The van der Waals surface area contributed by atoms with Crippen LogP contribution in [0.4, 0.5) is 0 Å². The summed E-state index contributed by atoms with van der Waals surface area (Å²) in [6, 6.07) is 0. The molecule has 0 saturated heterocycles. The Kier molecular flexibility index (Phi) is 20.7. The van der Waals surface area contributed by atoms with E-state index in [1.54, 1.807) is 13.8 Å². The van der Waals surface area contributed by atoms with E-state index in [-0.39, 0.29) is 55.8 Å². The summed E-state index contributed by atoms with van der Waals surface area (Å²) in [6.07, 6.45) is 0.659. The Hall–Kier alpha value is 0.670. The van der Waals surface area contributed by atoms with Gasteiger partial charge in [0.25, 0.3) is 10.1 Å². The van der Waals surface area contributed by atoms with Crippen LogP contribution in [0, 0.1) is 0 Å². The summed E-state index contributed by atoms with van der Waals surface area (Å²) in [5, 5.41) is 18.0. The predicted molar refractivity (Wildman–Crippen MR) is 103 cm³/mol. The normalized spacial score (nSPS) is 15.1. The minimum atomic E-state index is -4.29. The zero-order valence-corrected chi connectivity index (χ0v) is 16.5. The van der Waals surface area contributed by atoms with Crippen LogP contribution in [0.15, 0.2) is 0 Å². The molecular formula is C16H35NaO9S. The van der Waals surface area contributed by atoms with Gasteiger partial charge in [0.1, 0.15) is 0 Å². The van der Waals surface area contributed by atoms with Gasteiger partial charge in [-0.2, -0.15) is 8.42 Å². The van der Waals surface area contributed by atoms with Gasteiger partial charge in [0, 0.05) is 26.4 Å². The van der Waals surface area contributed by atoms with Crippen LogP contribution in [0.2, 0.25) is 0 Å². The Labute approximate surface area is 184 Å². The molecule has 9 nitrogen and oxygen atoms in total. The number of rotatable bonds is 18. The molecule has 0 aromatic rings. The van der Waals surface area contributed by atoms with E-state index in [2.05, 4.69) is 0 Å². The van der Waals surface area contributed by atoms with E-state index in [1.165, 1.54) is 0 Å². The van der Waals surface area contributed by atoms with Crippen molar-refractivity contribution in [1.29, 1.82) is 0 Å². The van der Waals surface area contributed by atoms with E-state index in [4.69, 9.17) is 29.2 Å². The van der Waals surface area contributed by atoms with E-state index in [0.29, 0.717) is 45.7 Å². The van der Waals surface area contributed by atoms with E-state index in [0.717, 1.165) is 0 Å². The Balaban J connectivity index is 0. The summed E-state index contributed by atoms with van der Waals surface area (Å²) in [7, 11) is -4.29. The SMILES string of the molecule is CC(O)COCCCOCCCC(OCCCOCC(C)O)S(=O)(=O)O.[NaH]. The van der Waals surface area contributed by atoms with Crippen LogP contribution in [0.1, 0.15) is 39.5 Å². The second-order valence-electron chi connectivity index (χ2n) is 6.12. The van der Waals surface area contributed by atoms with Crippen LogP contribution in [-0.4, -0.2) is 117 Å². The average molecular weight is 427 g/mol. The van der Waals surface area contributed by atoms with Gasteiger partial charge in [0.2, 0.25) is 0 Å². The Bertz CT molecular complexity index is 418. The maximum absolute atomic E-state index is 11.3. The van der Waals surface area contributed by atoms with Crippen molar-refractivity contribution >= 4 is 39.7 Å². The Morgan fingerprint density at radius 1 is 0.778 bits per heavy atom. The number of hydrogen-bond donors (Lipinski definition) is 3. The topological polar surface area (TPSA) is 132 Å². The van der Waals surface area contributed by atoms with Gasteiger partial charge in [0.15, 0.2) is 5.44 Å². The molecule has 0 heterocycles. The van der Waals surface area contributed by atoms with E-state index < -0.39 is 27.8 Å². The molecule has 0 aliphatic rings. The fourth-order valence-corrected chi connectivity index (χ4v) is 2.65. The fraction of sp³-hybridized carbons (Fsp3) is 1.00. The summed E-state index contributed by atoms with van der Waals surface area (Å²) < 4.78 is 52.8. The molecule has 3 atom stereocenters. The maximum atomic E-state index is 11.3. The Morgan fingerprint density at radius 3 is 1.70 bits per heavy atom. The number of hydrogen-bond acceptors (Lipinski definition) is 8. The van der Waals surface area contributed by atoms with Gasteiger partial charge in [-0.25, -0.2) is 0 Å². The number of aliphatic hydroxyl groups is 2. The molecule has 0 saturated carbocycles. The van der Waals surface area contributed by atoms with E-state index in [9.17, 15) is 13.0 Å². The first-order valence-corrected chi connectivity index (χ1v) is 10.4. The first kappa shape index (κ1) is 29.9. The third-order valence-electron chi connectivity index (χ3n) is 3.09. The quantitative estimate of drug-likeness (QED) is 0.157. The molecule has 0 bridgehead atoms. The molecule has 0 amide bonds. The standard InChI is InChI=1S/C16H34O9S.Na.H/c1-14(17)12-23-9-4-8-22-7-3-6-16(26(19,20)21)25-11-5-10-24-13-15(2)18;;/h14-18H,3-13H2,1-2H3,(H,19,20,21);;. The van der Waals surface area contributed by atoms with E-state index in [1.807, 2.05) is 0 Å². The van der Waals surface area contributed by atoms with E-state index >= 15 is 0 Å². The molecule has 0 rings (SSSR count). The van der Waals surface area contributed by atoms with Crippen LogP contribution < -0.4 is 0 Å². The molecule has 0 aromatic carbocycles. The molecule has 0 aliphatic heterocycles. The monoisotopic (exact) mass is 426 g/mol. The van der Waals surface area contributed by atoms with Crippen molar-refractivity contribution in [3.8, 4) is 0 Å². The molecule has 0 radical (unpaired) electrons. The van der Waals surface area contributed by atoms with Crippen molar-refractivity contribution < 1.29 is 42.1 Å². The molecule has 0 aliphatic carbocycles. The second kappa shape index (κ2) is 18.7. The van der Waals surface area contributed by atoms with Crippen molar-refractivity contribution in [2.75, 3.05) is 46.2 Å². The van der Waals surface area contributed by atoms with Crippen molar-refractivity contribution in [1.82, 2.24) is 0 Å². The van der Waals surface area contributed by atoms with Gasteiger partial charge < -0.3 is 29.2 Å². The second-order valence-corrected chi connectivity index (χ2v) is 7.68. The minimum absolute atomic E-state index is 0. The first-order chi connectivity index (χ1) is 12.2. The summed E-state index contributed by atoms with van der Waals surface area (Å²) in [5.41, 5.74) is -1.28. The molecule has 0 fully saturated rings. The summed E-state index contributed by atoms with van der Waals surface area (Å²) in [5.74, 6) is 0. The van der Waals surface area contributed by atoms with Crippen molar-refractivity contribution in [2.24, 2.45) is 0 Å². The first-order valence-electron chi connectivity index (χ1n) is 8.90. The Morgan fingerprint density at radius 2 is 1.22 bits per heavy atom. The number of aliphatic hydroxyl groups excluding tert-OH is 2. The van der Waals surface area contributed by atoms with Gasteiger partial charge in [-0.15, -0.1) is 0 Å². The van der Waals surface area contributed by atoms with Crippen molar-refractivity contribution in [2.45, 2.75) is 57.2 Å². The molecule has 160 valence electrons. The summed E-state index contributed by atoms with van der Waals surface area (Å²) >= 11 is 0. The molecule has 0 spiro atoms. The van der Waals surface area contributed by atoms with Gasteiger partial charge in [-0.3, -0.25) is 4.55 Å². The zero-order chi connectivity index (χ0) is 19.8. The van der Waals surface area contributed by atoms with Crippen molar-refractivity contribution in [3.05, 3.63) is 0 Å². The molecule has 27 heavy (non-hydrogen) atoms. The predicted octanol–water partition coefficient (Wildman–Crippen LogP) is -0.0598. The third kappa shape index (κ3) is 21.2. The van der Waals surface area contributed by atoms with Crippen LogP contribution in [0.25, 0.3) is 0 Å². The van der Waals surface area contributed by atoms with Crippen LogP contribution >= 0.6 is 0 Å². The molecule has 0 aromatic heterocycles. The fourth-order valence-electron chi connectivity index (χ4n) is 1.92. The van der Waals surface area contributed by atoms with Gasteiger partial charge in [-0.1, -0.05) is 0 Å². The summed E-state index contributed by atoms with van der Waals surface area (Å²) in [6.45, 7) is 5.53. The molecule has 3 unspecified atom stereocenters. The molecule has 11 heteroatoms. The van der Waals surface area contributed by atoms with Crippen molar-refractivity contribution in [3.63, 3.8) is 0 Å². The molecule has 3 N–H and O–H groups in total. The van der Waals surface area contributed by atoms with Gasteiger partial charge >= 0.3 is 29.6 Å². The van der Waals surface area contributed by atoms with Gasteiger partial charge in [0.05, 0.1) is 32.0 Å². The zero-order valence-electron chi connectivity index (χ0n) is 15.7. The van der Waals surface area contributed by atoms with Crippen LogP contribution in [0.5, 0.6) is 0 Å². The molecular weight excluding hydrogens is 391 g/mol. The summed E-state index contributed by atoms with van der Waals surface area (Å²) in [4.78, 5) is 0. The number of ether oxygens (including phenoxy) is 4. The van der Waals surface area contributed by atoms with Gasteiger partial charge in [-0.05, 0) is 39.5 Å². The van der Waals surface area contributed by atoms with Crippen LogP contribution in [0.3, 0.4) is 0 Å². The third-order valence-corrected chi connectivity index (χ3v) is 4.13. The van der Waals surface area contributed by atoms with Crippen LogP contribution in [-0.2, 0) is 29.1 Å². The average Bonchev–Trinajstić information content (AvgIpc) is 2.52.